The Morgan fingerprint density at radius 3 is 2.22 bits per heavy atom. The molecule has 1 aliphatic heterocycles. The zero-order valence-electron chi connectivity index (χ0n) is 24.1. The third-order valence-corrected chi connectivity index (χ3v) is 6.16. The summed E-state index contributed by atoms with van der Waals surface area (Å²) in [6, 6.07) is 7.67. The van der Waals surface area contributed by atoms with Crippen LogP contribution in [0, 0.1) is 0 Å². The molecule has 0 saturated carbocycles. The van der Waals surface area contributed by atoms with Crippen molar-refractivity contribution in [1.82, 2.24) is 20.0 Å². The van der Waals surface area contributed by atoms with E-state index in [1.54, 1.807) is 12.1 Å². The van der Waals surface area contributed by atoms with Crippen LogP contribution >= 0.6 is 0 Å². The molecule has 0 spiro atoms. The number of aromatic nitrogens is 2. The molecule has 1 aromatic carbocycles. The Labute approximate surface area is 220 Å². The Hall–Kier alpha value is -2.34. The normalized spacial score (nSPS) is 16.3. The fourth-order valence-corrected chi connectivity index (χ4v) is 4.55. The van der Waals surface area contributed by atoms with Crippen molar-refractivity contribution in [2.45, 2.75) is 119 Å². The van der Waals surface area contributed by atoms with Crippen LogP contribution in [0.1, 0.15) is 114 Å². The molecular formula is C30H52N4O2. The monoisotopic (exact) mass is 500 g/mol. The van der Waals surface area contributed by atoms with Gasteiger partial charge in [-0.05, 0) is 62.6 Å². The summed E-state index contributed by atoms with van der Waals surface area (Å²) in [5, 5.41) is 17.9. The maximum Gasteiger partial charge on any atom is 0.274 e. The Bertz CT molecular complexity index is 855. The molecule has 2 aromatic rings. The van der Waals surface area contributed by atoms with E-state index in [0.29, 0.717) is 17.5 Å². The SMILES string of the molecule is CC.CC.CCC.CCCn1nc(C(=O)N2CCCCC2)c2c1CCC(NCc1ccc(O)cc1)C2. The predicted octanol–water partition coefficient (Wildman–Crippen LogP) is 6.74. The van der Waals surface area contributed by atoms with Crippen molar-refractivity contribution < 1.29 is 9.90 Å². The average Bonchev–Trinajstić information content (AvgIpc) is 3.29. The summed E-state index contributed by atoms with van der Waals surface area (Å²) >= 11 is 0. The van der Waals surface area contributed by atoms with Gasteiger partial charge in [0.1, 0.15) is 5.75 Å². The van der Waals surface area contributed by atoms with Crippen molar-refractivity contribution in [3.05, 3.63) is 46.8 Å². The zero-order valence-corrected chi connectivity index (χ0v) is 24.1. The van der Waals surface area contributed by atoms with E-state index < -0.39 is 0 Å². The number of aryl methyl sites for hydroxylation is 1. The molecule has 1 fully saturated rings. The van der Waals surface area contributed by atoms with Gasteiger partial charge in [-0.3, -0.25) is 9.48 Å². The lowest BCUT2D eigenvalue weighted by Crippen LogP contribution is -2.38. The summed E-state index contributed by atoms with van der Waals surface area (Å²) in [7, 11) is 0. The number of fused-ring (bicyclic) bond motifs is 1. The lowest BCUT2D eigenvalue weighted by molar-refractivity contribution is 0.0716. The summed E-state index contributed by atoms with van der Waals surface area (Å²) in [5.41, 5.74) is 4.25. The van der Waals surface area contributed by atoms with Gasteiger partial charge in [0.2, 0.25) is 0 Å². The van der Waals surface area contributed by atoms with Gasteiger partial charge in [0.25, 0.3) is 5.91 Å². The van der Waals surface area contributed by atoms with Crippen molar-refractivity contribution >= 4 is 5.91 Å². The lowest BCUT2D eigenvalue weighted by Gasteiger charge is -2.28. The fourth-order valence-electron chi connectivity index (χ4n) is 4.55. The van der Waals surface area contributed by atoms with Crippen molar-refractivity contribution in [2.24, 2.45) is 0 Å². The van der Waals surface area contributed by atoms with Crippen molar-refractivity contribution in [3.63, 3.8) is 0 Å². The summed E-state index contributed by atoms with van der Waals surface area (Å²) in [4.78, 5) is 15.2. The molecule has 1 unspecified atom stereocenters. The number of carbonyl (C=O) groups is 1. The molecule has 2 heterocycles. The van der Waals surface area contributed by atoms with Crippen LogP contribution in [0.4, 0.5) is 0 Å². The van der Waals surface area contributed by atoms with E-state index in [4.69, 9.17) is 5.10 Å². The number of benzene rings is 1. The number of nitrogens with one attached hydrogen (secondary N) is 1. The Morgan fingerprint density at radius 1 is 1.03 bits per heavy atom. The third kappa shape index (κ3) is 9.27. The summed E-state index contributed by atoms with van der Waals surface area (Å²) < 4.78 is 2.09. The van der Waals surface area contributed by atoms with Crippen LogP contribution in [0.3, 0.4) is 0 Å². The highest BCUT2D eigenvalue weighted by Crippen LogP contribution is 2.27. The van der Waals surface area contributed by atoms with Gasteiger partial charge in [-0.25, -0.2) is 0 Å². The number of amides is 1. The van der Waals surface area contributed by atoms with Gasteiger partial charge in [-0.2, -0.15) is 5.10 Å². The minimum Gasteiger partial charge on any atom is -0.508 e. The molecular weight excluding hydrogens is 448 g/mol. The summed E-state index contributed by atoms with van der Waals surface area (Å²) in [6.07, 6.45) is 8.55. The maximum atomic E-state index is 13.2. The van der Waals surface area contributed by atoms with E-state index in [1.807, 2.05) is 44.7 Å². The highest BCUT2D eigenvalue weighted by atomic mass is 16.3. The van der Waals surface area contributed by atoms with Gasteiger partial charge in [0, 0.05) is 43.5 Å². The molecule has 0 bridgehead atoms. The predicted molar refractivity (Wildman–Crippen MR) is 152 cm³/mol. The van der Waals surface area contributed by atoms with Crippen LogP contribution < -0.4 is 5.32 Å². The molecule has 6 heteroatoms. The van der Waals surface area contributed by atoms with Gasteiger partial charge in [-0.15, -0.1) is 0 Å². The number of hydrogen-bond acceptors (Lipinski definition) is 4. The minimum absolute atomic E-state index is 0.120. The van der Waals surface area contributed by atoms with Crippen LogP contribution in [-0.4, -0.2) is 44.8 Å². The molecule has 2 aliphatic rings. The Balaban J connectivity index is 0.000000844. The van der Waals surface area contributed by atoms with Crippen molar-refractivity contribution in [1.29, 1.82) is 0 Å². The maximum absolute atomic E-state index is 13.2. The van der Waals surface area contributed by atoms with E-state index >= 15 is 0 Å². The topological polar surface area (TPSA) is 70.4 Å². The molecule has 6 nitrogen and oxygen atoms in total. The molecule has 1 atom stereocenters. The number of aromatic hydroxyl groups is 1. The number of hydrogen-bond donors (Lipinski definition) is 2. The first-order chi connectivity index (χ1) is 17.6. The van der Waals surface area contributed by atoms with Gasteiger partial charge in [0.15, 0.2) is 5.69 Å². The number of phenolic OH excluding ortho intramolecular Hbond substituents is 1. The second-order valence-electron chi connectivity index (χ2n) is 9.04. The van der Waals surface area contributed by atoms with E-state index in [0.717, 1.165) is 75.8 Å². The molecule has 204 valence electrons. The van der Waals surface area contributed by atoms with E-state index in [-0.39, 0.29) is 5.91 Å². The van der Waals surface area contributed by atoms with Crippen LogP contribution in [0.5, 0.6) is 5.75 Å². The molecule has 2 N–H and O–H groups in total. The highest BCUT2D eigenvalue weighted by molar-refractivity contribution is 5.94. The second-order valence-corrected chi connectivity index (χ2v) is 9.04. The number of carbonyl (C=O) groups excluding carboxylic acids is 1. The standard InChI is InChI=1S/C23H32N4O2.C3H8.2C2H6/c1-2-12-27-21-11-8-18(24-16-17-6-9-19(28)10-7-17)15-20(21)22(25-27)23(29)26-13-4-3-5-14-26;1-3-2;2*1-2/h6-7,9-10,18,24,28H,2-5,8,11-16H2,1H3;3H2,1-2H3;2*1-2H3. The van der Waals surface area contributed by atoms with Crippen molar-refractivity contribution in [3.8, 4) is 5.75 Å². The molecule has 36 heavy (non-hydrogen) atoms. The van der Waals surface area contributed by atoms with Gasteiger partial charge in [0.05, 0.1) is 0 Å². The van der Waals surface area contributed by atoms with Crippen molar-refractivity contribution in [2.75, 3.05) is 13.1 Å². The van der Waals surface area contributed by atoms with Gasteiger partial charge >= 0.3 is 0 Å². The Kier molecular flexibility index (Phi) is 15.8. The van der Waals surface area contributed by atoms with E-state index in [1.165, 1.54) is 18.5 Å². The molecule has 1 aliphatic carbocycles. The minimum atomic E-state index is 0.120. The fraction of sp³-hybridized carbons (Fsp3) is 0.667. The zero-order chi connectivity index (χ0) is 26.9. The van der Waals surface area contributed by atoms with Crippen LogP contribution in [0.2, 0.25) is 0 Å². The van der Waals surface area contributed by atoms with Crippen LogP contribution in [0.25, 0.3) is 0 Å². The lowest BCUT2D eigenvalue weighted by atomic mass is 9.90. The van der Waals surface area contributed by atoms with Gasteiger partial charge < -0.3 is 15.3 Å². The number of nitrogens with zero attached hydrogens (tertiary/aromatic N) is 3. The number of phenols is 1. The second kappa shape index (κ2) is 18.0. The summed E-state index contributed by atoms with van der Waals surface area (Å²) in [6.45, 7) is 17.8. The molecule has 0 radical (unpaired) electrons. The third-order valence-electron chi connectivity index (χ3n) is 6.16. The van der Waals surface area contributed by atoms with E-state index in [9.17, 15) is 9.90 Å². The first-order valence-electron chi connectivity index (χ1n) is 14.5. The molecule has 1 aromatic heterocycles. The summed E-state index contributed by atoms with van der Waals surface area (Å²) in [5.74, 6) is 0.412. The van der Waals surface area contributed by atoms with Crippen LogP contribution in [-0.2, 0) is 25.9 Å². The molecule has 4 rings (SSSR count). The molecule has 1 saturated heterocycles. The smallest absolute Gasteiger partial charge is 0.274 e. The van der Waals surface area contributed by atoms with Gasteiger partial charge in [-0.1, -0.05) is 67.0 Å². The number of likely N-dealkylation sites (tertiary alicyclic amines) is 1. The quantitative estimate of drug-likeness (QED) is 0.461. The average molecular weight is 501 g/mol. The number of piperidine rings is 1. The van der Waals surface area contributed by atoms with E-state index in [2.05, 4.69) is 30.8 Å². The van der Waals surface area contributed by atoms with Crippen LogP contribution in [0.15, 0.2) is 24.3 Å². The largest absolute Gasteiger partial charge is 0.508 e. The first-order valence-corrected chi connectivity index (χ1v) is 14.5. The first kappa shape index (κ1) is 31.7. The molecule has 1 amide bonds. The Morgan fingerprint density at radius 2 is 1.64 bits per heavy atom. The highest BCUT2D eigenvalue weighted by Gasteiger charge is 2.31. The number of rotatable bonds is 6.